The molecular formula is C15H14NO5S-. The zero-order valence-corrected chi connectivity index (χ0v) is 12.4. The summed E-state index contributed by atoms with van der Waals surface area (Å²) in [4.78, 5) is 11.1. The summed E-state index contributed by atoms with van der Waals surface area (Å²) in [5.74, 6) is -1.50. The van der Waals surface area contributed by atoms with Gasteiger partial charge >= 0.3 is 0 Å². The monoisotopic (exact) mass is 320 g/mol. The van der Waals surface area contributed by atoms with E-state index in [-0.39, 0.29) is 17.9 Å². The van der Waals surface area contributed by atoms with E-state index >= 15 is 0 Å². The van der Waals surface area contributed by atoms with Crippen LogP contribution in [0.1, 0.15) is 6.42 Å². The van der Waals surface area contributed by atoms with E-state index in [9.17, 15) is 23.4 Å². The summed E-state index contributed by atoms with van der Waals surface area (Å²) in [5.41, 5.74) is 0. The Balaban J connectivity index is 2.05. The average Bonchev–Trinajstić information content (AvgIpc) is 2.90. The molecule has 2 aromatic rings. The molecule has 1 saturated heterocycles. The van der Waals surface area contributed by atoms with E-state index in [1.165, 1.54) is 12.1 Å². The number of carboxylic acid groups (broad SMARTS) is 1. The number of carboxylic acids is 1. The number of carbonyl (C=O) groups excluding carboxylic acids is 1. The van der Waals surface area contributed by atoms with Gasteiger partial charge < -0.3 is 15.0 Å². The lowest BCUT2D eigenvalue weighted by molar-refractivity contribution is -0.309. The van der Waals surface area contributed by atoms with Crippen LogP contribution in [0.15, 0.2) is 47.4 Å². The molecule has 1 N–H and O–H groups in total. The van der Waals surface area contributed by atoms with Gasteiger partial charge in [0.05, 0.1) is 23.0 Å². The van der Waals surface area contributed by atoms with Crippen molar-refractivity contribution >= 4 is 26.8 Å². The number of hydrogen-bond donors (Lipinski definition) is 1. The first kappa shape index (κ1) is 15.0. The van der Waals surface area contributed by atoms with Crippen molar-refractivity contribution in [2.75, 3.05) is 6.54 Å². The summed E-state index contributed by atoms with van der Waals surface area (Å²) in [5, 5.41) is 22.4. The average molecular weight is 320 g/mol. The predicted molar refractivity (Wildman–Crippen MR) is 77.3 cm³/mol. The lowest BCUT2D eigenvalue weighted by Crippen LogP contribution is -2.46. The highest BCUT2D eigenvalue weighted by Gasteiger charge is 2.40. The molecule has 2 aromatic carbocycles. The third kappa shape index (κ3) is 2.47. The first-order valence-electron chi connectivity index (χ1n) is 6.79. The molecule has 6 nitrogen and oxygen atoms in total. The normalized spacial score (nSPS) is 23.0. The summed E-state index contributed by atoms with van der Waals surface area (Å²) in [6, 6.07) is 10.5. The molecular weight excluding hydrogens is 306 g/mol. The van der Waals surface area contributed by atoms with Gasteiger partial charge in [-0.3, -0.25) is 0 Å². The van der Waals surface area contributed by atoms with Crippen LogP contribution < -0.4 is 5.11 Å². The smallest absolute Gasteiger partial charge is 0.243 e. The van der Waals surface area contributed by atoms with Gasteiger partial charge in [0.2, 0.25) is 10.0 Å². The van der Waals surface area contributed by atoms with Gasteiger partial charge in [0.15, 0.2) is 0 Å². The number of β-amino-alcohol motifs (C(OH)–C–C–N with tert-alkyl or cyclic N) is 1. The molecule has 0 aromatic heterocycles. The summed E-state index contributed by atoms with van der Waals surface area (Å²) < 4.78 is 26.1. The molecule has 3 rings (SSSR count). The van der Waals surface area contributed by atoms with E-state index in [1.54, 1.807) is 18.2 Å². The second-order valence-corrected chi connectivity index (χ2v) is 7.20. The number of carbonyl (C=O) groups is 1. The van der Waals surface area contributed by atoms with Crippen LogP contribution in [-0.4, -0.2) is 42.5 Å². The summed E-state index contributed by atoms with van der Waals surface area (Å²) in [6.45, 7) is -0.242. The van der Waals surface area contributed by atoms with Gasteiger partial charge in [-0.1, -0.05) is 30.3 Å². The molecule has 2 atom stereocenters. The maximum atomic E-state index is 12.7. The topological polar surface area (TPSA) is 97.7 Å². The number of rotatable bonds is 3. The van der Waals surface area contributed by atoms with Crippen LogP contribution in [-0.2, 0) is 14.8 Å². The number of hydrogen-bond acceptors (Lipinski definition) is 5. The number of nitrogens with zero attached hydrogens (tertiary/aromatic N) is 1. The van der Waals surface area contributed by atoms with Crippen molar-refractivity contribution in [3.63, 3.8) is 0 Å². The molecule has 7 heteroatoms. The number of aliphatic hydroxyl groups excluding tert-OH is 1. The number of aliphatic hydroxyl groups is 1. The number of benzene rings is 2. The van der Waals surface area contributed by atoms with Crippen molar-refractivity contribution < 1.29 is 23.4 Å². The van der Waals surface area contributed by atoms with Gasteiger partial charge in [-0.2, -0.15) is 4.31 Å². The van der Waals surface area contributed by atoms with Gasteiger partial charge in [-0.05, 0) is 29.3 Å². The number of sulfonamides is 1. The predicted octanol–water partition coefficient (Wildman–Crippen LogP) is -0.286. The Bertz CT molecular complexity index is 833. The second kappa shape index (κ2) is 5.35. The van der Waals surface area contributed by atoms with Gasteiger partial charge in [0.1, 0.15) is 0 Å². The van der Waals surface area contributed by atoms with Crippen LogP contribution in [0.3, 0.4) is 0 Å². The van der Waals surface area contributed by atoms with Crippen molar-refractivity contribution in [2.24, 2.45) is 0 Å². The molecule has 0 bridgehead atoms. The number of aliphatic carboxylic acids is 1. The lowest BCUT2D eigenvalue weighted by Gasteiger charge is -2.24. The highest BCUT2D eigenvalue weighted by molar-refractivity contribution is 7.89. The Kier molecular flexibility index (Phi) is 3.64. The summed E-state index contributed by atoms with van der Waals surface area (Å²) >= 11 is 0. The van der Waals surface area contributed by atoms with Crippen molar-refractivity contribution in [1.29, 1.82) is 0 Å². The summed E-state index contributed by atoms with van der Waals surface area (Å²) in [7, 11) is -4.00. The van der Waals surface area contributed by atoms with Crippen LogP contribution in [0.5, 0.6) is 0 Å². The van der Waals surface area contributed by atoms with E-state index in [0.29, 0.717) is 0 Å². The quantitative estimate of drug-likeness (QED) is 0.838. The Hall–Kier alpha value is -1.96. The molecule has 0 amide bonds. The Morgan fingerprint density at radius 3 is 2.55 bits per heavy atom. The maximum Gasteiger partial charge on any atom is 0.243 e. The standard InChI is InChI=1S/C15H15NO5S/c17-12-8-14(15(18)19)16(9-12)22(20,21)13-6-5-10-3-1-2-4-11(10)7-13/h1-7,12,14,17H,8-9H2,(H,18,19)/p-1/t12-,14-/m1/s1. The third-order valence-corrected chi connectivity index (χ3v) is 5.70. The SMILES string of the molecule is O=C([O-])[C@H]1C[C@@H](O)CN1S(=O)(=O)c1ccc2ccccc2c1. The molecule has 0 spiro atoms. The maximum absolute atomic E-state index is 12.7. The highest BCUT2D eigenvalue weighted by atomic mass is 32.2. The third-order valence-electron chi connectivity index (χ3n) is 3.83. The Morgan fingerprint density at radius 1 is 1.18 bits per heavy atom. The largest absolute Gasteiger partial charge is 0.548 e. The first-order valence-corrected chi connectivity index (χ1v) is 8.23. The molecule has 1 heterocycles. The van der Waals surface area contributed by atoms with E-state index in [1.807, 2.05) is 12.1 Å². The minimum atomic E-state index is -4.00. The molecule has 22 heavy (non-hydrogen) atoms. The van der Waals surface area contributed by atoms with Gasteiger partial charge in [0, 0.05) is 6.54 Å². The highest BCUT2D eigenvalue weighted by Crippen LogP contribution is 2.28. The summed E-state index contributed by atoms with van der Waals surface area (Å²) in [6.07, 6.45) is -1.16. The van der Waals surface area contributed by atoms with Crippen molar-refractivity contribution in [3.8, 4) is 0 Å². The van der Waals surface area contributed by atoms with E-state index in [0.717, 1.165) is 15.1 Å². The molecule has 1 aliphatic rings. The van der Waals surface area contributed by atoms with Crippen LogP contribution in [0.2, 0.25) is 0 Å². The van der Waals surface area contributed by atoms with Gasteiger partial charge in [-0.15, -0.1) is 0 Å². The van der Waals surface area contributed by atoms with Crippen LogP contribution in [0, 0.1) is 0 Å². The molecule has 0 saturated carbocycles. The molecule has 0 radical (unpaired) electrons. The fourth-order valence-electron chi connectivity index (χ4n) is 2.73. The van der Waals surface area contributed by atoms with Gasteiger partial charge in [-0.25, -0.2) is 8.42 Å². The van der Waals surface area contributed by atoms with Crippen molar-refractivity contribution in [2.45, 2.75) is 23.5 Å². The first-order chi connectivity index (χ1) is 10.4. The Labute approximate surface area is 127 Å². The zero-order valence-electron chi connectivity index (χ0n) is 11.5. The van der Waals surface area contributed by atoms with Gasteiger partial charge in [0.25, 0.3) is 0 Å². The van der Waals surface area contributed by atoms with Crippen LogP contribution in [0.4, 0.5) is 0 Å². The second-order valence-electron chi connectivity index (χ2n) is 5.31. The minimum absolute atomic E-state index is 0.00606. The Morgan fingerprint density at radius 2 is 1.86 bits per heavy atom. The van der Waals surface area contributed by atoms with E-state index < -0.39 is 28.1 Å². The molecule has 0 aliphatic carbocycles. The fraction of sp³-hybridized carbons (Fsp3) is 0.267. The van der Waals surface area contributed by atoms with Crippen molar-refractivity contribution in [1.82, 2.24) is 4.31 Å². The molecule has 116 valence electrons. The lowest BCUT2D eigenvalue weighted by atomic mass is 10.1. The van der Waals surface area contributed by atoms with Crippen LogP contribution >= 0.6 is 0 Å². The van der Waals surface area contributed by atoms with Crippen LogP contribution in [0.25, 0.3) is 10.8 Å². The van der Waals surface area contributed by atoms with E-state index in [2.05, 4.69) is 0 Å². The number of fused-ring (bicyclic) bond motifs is 1. The van der Waals surface area contributed by atoms with Crippen molar-refractivity contribution in [3.05, 3.63) is 42.5 Å². The zero-order chi connectivity index (χ0) is 15.9. The fourth-order valence-corrected chi connectivity index (χ4v) is 4.39. The van der Waals surface area contributed by atoms with E-state index in [4.69, 9.17) is 0 Å². The molecule has 0 unspecified atom stereocenters. The molecule has 1 fully saturated rings. The molecule has 1 aliphatic heterocycles. The minimum Gasteiger partial charge on any atom is -0.548 e.